The van der Waals surface area contributed by atoms with Crippen LogP contribution < -0.4 is 5.32 Å². The van der Waals surface area contributed by atoms with Gasteiger partial charge in [-0.25, -0.2) is 4.98 Å². The predicted molar refractivity (Wildman–Crippen MR) is 75.1 cm³/mol. The van der Waals surface area contributed by atoms with Crippen LogP contribution in [-0.2, 0) is 13.0 Å². The zero-order valence-electron chi connectivity index (χ0n) is 10.8. The number of rotatable bonds is 5. The Morgan fingerprint density at radius 1 is 1.39 bits per heavy atom. The zero-order chi connectivity index (χ0) is 13.0. The van der Waals surface area contributed by atoms with Crippen molar-refractivity contribution < 1.29 is 0 Å². The van der Waals surface area contributed by atoms with Gasteiger partial charge in [-0.1, -0.05) is 23.7 Å². The Morgan fingerprint density at radius 2 is 2.22 bits per heavy atom. The molecule has 3 nitrogen and oxygen atoms in total. The van der Waals surface area contributed by atoms with E-state index in [9.17, 15) is 0 Å². The normalized spacial score (nSPS) is 10.8. The maximum absolute atomic E-state index is 6.23. The van der Waals surface area contributed by atoms with Crippen LogP contribution in [0.4, 0.5) is 0 Å². The van der Waals surface area contributed by atoms with Gasteiger partial charge in [0.25, 0.3) is 0 Å². The SMILES string of the molecule is CNCCc1cn(Cc2ccc(C)cc2Cl)cn1. The van der Waals surface area contributed by atoms with E-state index in [1.165, 1.54) is 5.56 Å². The van der Waals surface area contributed by atoms with Crippen molar-refractivity contribution >= 4 is 11.6 Å². The van der Waals surface area contributed by atoms with Crippen LogP contribution >= 0.6 is 11.6 Å². The lowest BCUT2D eigenvalue weighted by Crippen LogP contribution is -2.10. The fourth-order valence-electron chi connectivity index (χ4n) is 1.85. The minimum Gasteiger partial charge on any atom is -0.333 e. The molecule has 1 heterocycles. The van der Waals surface area contributed by atoms with Crippen LogP contribution in [0.1, 0.15) is 16.8 Å². The quantitative estimate of drug-likeness (QED) is 0.899. The van der Waals surface area contributed by atoms with Crippen LogP contribution in [0.15, 0.2) is 30.7 Å². The van der Waals surface area contributed by atoms with Gasteiger partial charge in [-0.05, 0) is 31.2 Å². The second-order valence-corrected chi connectivity index (χ2v) is 4.89. The van der Waals surface area contributed by atoms with E-state index in [4.69, 9.17) is 11.6 Å². The molecule has 0 fully saturated rings. The van der Waals surface area contributed by atoms with Gasteiger partial charge in [0.2, 0.25) is 0 Å². The van der Waals surface area contributed by atoms with E-state index in [1.807, 2.05) is 26.4 Å². The first-order valence-corrected chi connectivity index (χ1v) is 6.47. The van der Waals surface area contributed by atoms with Gasteiger partial charge in [0.05, 0.1) is 12.0 Å². The second-order valence-electron chi connectivity index (χ2n) is 4.49. The largest absolute Gasteiger partial charge is 0.333 e. The van der Waals surface area contributed by atoms with Crippen molar-refractivity contribution in [2.45, 2.75) is 19.9 Å². The monoisotopic (exact) mass is 263 g/mol. The predicted octanol–water partition coefficient (Wildman–Crippen LogP) is 2.66. The van der Waals surface area contributed by atoms with Crippen molar-refractivity contribution in [1.29, 1.82) is 0 Å². The summed E-state index contributed by atoms with van der Waals surface area (Å²) in [6, 6.07) is 6.15. The Kier molecular flexibility index (Phi) is 4.39. The molecule has 4 heteroatoms. The lowest BCUT2D eigenvalue weighted by molar-refractivity contribution is 0.774. The summed E-state index contributed by atoms with van der Waals surface area (Å²) < 4.78 is 2.07. The summed E-state index contributed by atoms with van der Waals surface area (Å²) in [5, 5.41) is 3.94. The van der Waals surface area contributed by atoms with Crippen molar-refractivity contribution in [1.82, 2.24) is 14.9 Å². The maximum Gasteiger partial charge on any atom is 0.0952 e. The molecule has 0 saturated heterocycles. The molecule has 0 aliphatic heterocycles. The van der Waals surface area contributed by atoms with E-state index in [0.717, 1.165) is 35.8 Å². The standard InChI is InChI=1S/C14H18ClN3/c1-11-3-4-12(14(15)7-11)8-18-9-13(17-10-18)5-6-16-2/h3-4,7,9-10,16H,5-6,8H2,1-2H3. The summed E-state index contributed by atoms with van der Waals surface area (Å²) >= 11 is 6.23. The number of aryl methyl sites for hydroxylation is 1. The first kappa shape index (κ1) is 13.1. The first-order valence-electron chi connectivity index (χ1n) is 6.09. The van der Waals surface area contributed by atoms with Crippen LogP contribution in [-0.4, -0.2) is 23.1 Å². The van der Waals surface area contributed by atoms with Gasteiger partial charge in [0.1, 0.15) is 0 Å². The van der Waals surface area contributed by atoms with Gasteiger partial charge in [0, 0.05) is 30.7 Å². The van der Waals surface area contributed by atoms with E-state index < -0.39 is 0 Å². The molecule has 0 amide bonds. The Labute approximate surface area is 113 Å². The fourth-order valence-corrected chi connectivity index (χ4v) is 2.15. The Morgan fingerprint density at radius 3 is 2.94 bits per heavy atom. The minimum atomic E-state index is 0.770. The van der Waals surface area contributed by atoms with Crippen molar-refractivity contribution in [3.8, 4) is 0 Å². The molecule has 1 aromatic heterocycles. The number of hydrogen-bond donors (Lipinski definition) is 1. The van der Waals surface area contributed by atoms with Crippen LogP contribution in [0.5, 0.6) is 0 Å². The van der Waals surface area contributed by atoms with Gasteiger partial charge in [0.15, 0.2) is 0 Å². The average Bonchev–Trinajstić information content (AvgIpc) is 2.78. The van der Waals surface area contributed by atoms with Crippen LogP contribution in [0, 0.1) is 6.92 Å². The molecular formula is C14H18ClN3. The molecule has 1 aromatic carbocycles. The third-order valence-electron chi connectivity index (χ3n) is 2.88. The maximum atomic E-state index is 6.23. The number of nitrogens with one attached hydrogen (secondary N) is 1. The van der Waals surface area contributed by atoms with Gasteiger partial charge >= 0.3 is 0 Å². The van der Waals surface area contributed by atoms with E-state index in [0.29, 0.717) is 0 Å². The molecular weight excluding hydrogens is 246 g/mol. The molecule has 0 radical (unpaired) electrons. The third-order valence-corrected chi connectivity index (χ3v) is 3.23. The van der Waals surface area contributed by atoms with Crippen molar-refractivity contribution in [3.63, 3.8) is 0 Å². The van der Waals surface area contributed by atoms with Gasteiger partial charge in [-0.15, -0.1) is 0 Å². The van der Waals surface area contributed by atoms with Gasteiger partial charge < -0.3 is 9.88 Å². The van der Waals surface area contributed by atoms with Crippen molar-refractivity contribution in [2.24, 2.45) is 0 Å². The number of benzene rings is 1. The molecule has 2 rings (SSSR count). The Hall–Kier alpha value is -1.32. The summed E-state index contributed by atoms with van der Waals surface area (Å²) in [5.41, 5.74) is 3.41. The summed E-state index contributed by atoms with van der Waals surface area (Å²) in [6.45, 7) is 3.76. The van der Waals surface area contributed by atoms with Crippen molar-refractivity contribution in [3.05, 3.63) is 52.6 Å². The highest BCUT2D eigenvalue weighted by atomic mass is 35.5. The minimum absolute atomic E-state index is 0.770. The topological polar surface area (TPSA) is 29.9 Å². The molecule has 96 valence electrons. The first-order chi connectivity index (χ1) is 8.69. The molecule has 2 aromatic rings. The molecule has 0 atom stereocenters. The summed E-state index contributed by atoms with van der Waals surface area (Å²) in [5.74, 6) is 0. The molecule has 0 spiro atoms. The van der Waals surface area contributed by atoms with Gasteiger partial charge in [-0.3, -0.25) is 0 Å². The molecule has 0 unspecified atom stereocenters. The van der Waals surface area contributed by atoms with Gasteiger partial charge in [-0.2, -0.15) is 0 Å². The second kappa shape index (κ2) is 6.03. The third kappa shape index (κ3) is 3.34. The number of imidazole rings is 1. The molecule has 0 saturated carbocycles. The number of aromatic nitrogens is 2. The highest BCUT2D eigenvalue weighted by Gasteiger charge is 2.03. The summed E-state index contributed by atoms with van der Waals surface area (Å²) in [7, 11) is 1.95. The van der Waals surface area contributed by atoms with E-state index in [1.54, 1.807) is 0 Å². The molecule has 0 aliphatic rings. The smallest absolute Gasteiger partial charge is 0.0952 e. The van der Waals surface area contributed by atoms with E-state index >= 15 is 0 Å². The Bertz CT molecular complexity index is 520. The highest BCUT2D eigenvalue weighted by molar-refractivity contribution is 6.31. The summed E-state index contributed by atoms with van der Waals surface area (Å²) in [4.78, 5) is 4.38. The molecule has 1 N–H and O–H groups in total. The number of halogens is 1. The molecule has 0 bridgehead atoms. The fraction of sp³-hybridized carbons (Fsp3) is 0.357. The Balaban J connectivity index is 2.06. The van der Waals surface area contributed by atoms with Crippen LogP contribution in [0.25, 0.3) is 0 Å². The number of nitrogens with zero attached hydrogens (tertiary/aromatic N) is 2. The van der Waals surface area contributed by atoms with Crippen molar-refractivity contribution in [2.75, 3.05) is 13.6 Å². The average molecular weight is 264 g/mol. The summed E-state index contributed by atoms with van der Waals surface area (Å²) in [6.07, 6.45) is 4.89. The number of hydrogen-bond acceptors (Lipinski definition) is 2. The lowest BCUT2D eigenvalue weighted by atomic mass is 10.1. The van der Waals surface area contributed by atoms with E-state index in [-0.39, 0.29) is 0 Å². The zero-order valence-corrected chi connectivity index (χ0v) is 11.5. The van der Waals surface area contributed by atoms with E-state index in [2.05, 4.69) is 33.2 Å². The van der Waals surface area contributed by atoms with Crippen LogP contribution in [0.3, 0.4) is 0 Å². The lowest BCUT2D eigenvalue weighted by Gasteiger charge is -2.05. The molecule has 18 heavy (non-hydrogen) atoms. The van der Waals surface area contributed by atoms with Crippen LogP contribution in [0.2, 0.25) is 5.02 Å². The number of likely N-dealkylation sites (N-methyl/N-ethyl adjacent to an activating group) is 1. The molecule has 0 aliphatic carbocycles. The highest BCUT2D eigenvalue weighted by Crippen LogP contribution is 2.18.